The van der Waals surface area contributed by atoms with Crippen LogP contribution in [-0.4, -0.2) is 37.1 Å². The van der Waals surface area contributed by atoms with E-state index >= 15 is 0 Å². The molecule has 1 unspecified atom stereocenters. The number of rotatable bonds is 6. The molecule has 1 heterocycles. The quantitative estimate of drug-likeness (QED) is 0.846. The van der Waals surface area contributed by atoms with Crippen LogP contribution in [0.5, 0.6) is 5.75 Å². The zero-order valence-corrected chi connectivity index (χ0v) is 12.7. The molecule has 20 heavy (non-hydrogen) atoms. The Morgan fingerprint density at radius 2 is 2.35 bits per heavy atom. The monoisotopic (exact) mass is 294 g/mol. The Balaban J connectivity index is 1.69. The lowest BCUT2D eigenvalue weighted by Crippen LogP contribution is -2.33. The number of methoxy groups -OCH3 is 1. The first kappa shape index (κ1) is 15.2. The molecule has 2 N–H and O–H groups in total. The van der Waals surface area contributed by atoms with Gasteiger partial charge in [0.15, 0.2) is 0 Å². The third-order valence-electron chi connectivity index (χ3n) is 3.29. The average Bonchev–Trinajstić information content (AvgIpc) is 2.48. The van der Waals surface area contributed by atoms with Gasteiger partial charge < -0.3 is 15.4 Å². The lowest BCUT2D eigenvalue weighted by Gasteiger charge is -2.21. The van der Waals surface area contributed by atoms with Crippen molar-refractivity contribution in [1.82, 2.24) is 5.32 Å². The van der Waals surface area contributed by atoms with Gasteiger partial charge in [0.1, 0.15) is 5.75 Å². The van der Waals surface area contributed by atoms with Gasteiger partial charge in [-0.1, -0.05) is 12.5 Å². The third-order valence-corrected chi connectivity index (χ3v) is 4.68. The first-order valence-corrected chi connectivity index (χ1v) is 8.09. The smallest absolute Gasteiger partial charge is 0.238 e. The summed E-state index contributed by atoms with van der Waals surface area (Å²) in [6, 6.07) is 7.39. The van der Waals surface area contributed by atoms with Crippen molar-refractivity contribution in [3.8, 4) is 5.75 Å². The SMILES string of the molecule is COc1cccc(NC(=O)CNCC2CCCCS2)c1. The minimum atomic E-state index is -0.0148. The van der Waals surface area contributed by atoms with E-state index in [9.17, 15) is 4.79 Å². The number of ether oxygens (including phenoxy) is 1. The molecule has 1 saturated heterocycles. The minimum Gasteiger partial charge on any atom is -0.497 e. The molecule has 110 valence electrons. The maximum absolute atomic E-state index is 11.8. The van der Waals surface area contributed by atoms with Crippen LogP contribution in [0.15, 0.2) is 24.3 Å². The molecule has 0 radical (unpaired) electrons. The summed E-state index contributed by atoms with van der Waals surface area (Å²) < 4.78 is 5.13. The summed E-state index contributed by atoms with van der Waals surface area (Å²) in [5.41, 5.74) is 0.767. The first-order valence-electron chi connectivity index (χ1n) is 7.04. The summed E-state index contributed by atoms with van der Waals surface area (Å²) in [6.45, 7) is 1.27. The number of amides is 1. The second kappa shape index (κ2) is 8.17. The van der Waals surface area contributed by atoms with E-state index in [0.29, 0.717) is 11.8 Å². The summed E-state index contributed by atoms with van der Waals surface area (Å²) in [4.78, 5) is 11.8. The Kier molecular flexibility index (Phi) is 6.21. The van der Waals surface area contributed by atoms with Crippen molar-refractivity contribution < 1.29 is 9.53 Å². The van der Waals surface area contributed by atoms with Gasteiger partial charge in [-0.25, -0.2) is 0 Å². The molecule has 0 saturated carbocycles. The molecule has 2 rings (SSSR count). The van der Waals surface area contributed by atoms with Gasteiger partial charge in [0.2, 0.25) is 5.91 Å². The predicted octanol–water partition coefficient (Wildman–Crippen LogP) is 2.51. The van der Waals surface area contributed by atoms with E-state index in [0.717, 1.165) is 18.0 Å². The highest BCUT2D eigenvalue weighted by Crippen LogP contribution is 2.24. The fourth-order valence-electron chi connectivity index (χ4n) is 2.22. The second-order valence-corrected chi connectivity index (χ2v) is 6.31. The first-order chi connectivity index (χ1) is 9.78. The summed E-state index contributed by atoms with van der Waals surface area (Å²) >= 11 is 2.01. The maximum atomic E-state index is 11.8. The number of thioether (sulfide) groups is 1. The molecular weight excluding hydrogens is 272 g/mol. The van der Waals surface area contributed by atoms with Crippen LogP contribution in [0.3, 0.4) is 0 Å². The largest absolute Gasteiger partial charge is 0.497 e. The lowest BCUT2D eigenvalue weighted by atomic mass is 10.2. The number of hydrogen-bond donors (Lipinski definition) is 2. The van der Waals surface area contributed by atoms with Crippen molar-refractivity contribution in [1.29, 1.82) is 0 Å². The summed E-state index contributed by atoms with van der Waals surface area (Å²) in [7, 11) is 1.62. The van der Waals surface area contributed by atoms with E-state index in [1.807, 2.05) is 36.0 Å². The molecule has 0 aromatic heterocycles. The highest BCUT2D eigenvalue weighted by molar-refractivity contribution is 7.99. The number of carbonyl (C=O) groups excluding carboxylic acids is 1. The van der Waals surface area contributed by atoms with E-state index < -0.39 is 0 Å². The number of anilines is 1. The van der Waals surface area contributed by atoms with Crippen molar-refractivity contribution in [3.63, 3.8) is 0 Å². The highest BCUT2D eigenvalue weighted by Gasteiger charge is 2.13. The van der Waals surface area contributed by atoms with Gasteiger partial charge in [0.05, 0.1) is 13.7 Å². The topological polar surface area (TPSA) is 50.4 Å². The number of benzene rings is 1. The minimum absolute atomic E-state index is 0.0148. The van der Waals surface area contributed by atoms with Crippen molar-refractivity contribution in [2.45, 2.75) is 24.5 Å². The molecule has 1 fully saturated rings. The van der Waals surface area contributed by atoms with Crippen LogP contribution in [-0.2, 0) is 4.79 Å². The molecule has 4 nitrogen and oxygen atoms in total. The van der Waals surface area contributed by atoms with E-state index in [1.54, 1.807) is 7.11 Å². The van der Waals surface area contributed by atoms with Crippen molar-refractivity contribution in [2.75, 3.05) is 31.3 Å². The van der Waals surface area contributed by atoms with Crippen LogP contribution < -0.4 is 15.4 Å². The Morgan fingerprint density at radius 3 is 3.10 bits per heavy atom. The Bertz CT molecular complexity index is 434. The van der Waals surface area contributed by atoms with Crippen molar-refractivity contribution >= 4 is 23.4 Å². The van der Waals surface area contributed by atoms with Gasteiger partial charge in [-0.15, -0.1) is 0 Å². The van der Waals surface area contributed by atoms with Crippen LogP contribution in [0.25, 0.3) is 0 Å². The predicted molar refractivity (Wildman–Crippen MR) is 84.6 cm³/mol. The second-order valence-electron chi connectivity index (χ2n) is 4.90. The molecule has 0 bridgehead atoms. The molecule has 1 aromatic rings. The molecule has 1 aliphatic heterocycles. The molecular formula is C15H22N2O2S. The number of carbonyl (C=O) groups is 1. The maximum Gasteiger partial charge on any atom is 0.238 e. The molecule has 5 heteroatoms. The average molecular weight is 294 g/mol. The zero-order chi connectivity index (χ0) is 14.2. The van der Waals surface area contributed by atoms with Gasteiger partial charge >= 0.3 is 0 Å². The molecule has 0 aliphatic carbocycles. The summed E-state index contributed by atoms with van der Waals surface area (Å²) in [5.74, 6) is 1.98. The van der Waals surface area contributed by atoms with Crippen LogP contribution >= 0.6 is 11.8 Å². The van der Waals surface area contributed by atoms with Gasteiger partial charge in [0.25, 0.3) is 0 Å². The fourth-order valence-corrected chi connectivity index (χ4v) is 3.49. The number of nitrogens with one attached hydrogen (secondary N) is 2. The molecule has 1 atom stereocenters. The van der Waals surface area contributed by atoms with E-state index in [2.05, 4.69) is 10.6 Å². The Hall–Kier alpha value is -1.20. The van der Waals surface area contributed by atoms with Gasteiger partial charge in [-0.2, -0.15) is 11.8 Å². The number of hydrogen-bond acceptors (Lipinski definition) is 4. The van der Waals surface area contributed by atoms with Crippen LogP contribution in [0.4, 0.5) is 5.69 Å². The van der Waals surface area contributed by atoms with E-state index in [1.165, 1.54) is 25.0 Å². The summed E-state index contributed by atoms with van der Waals surface area (Å²) in [6.07, 6.45) is 3.90. The van der Waals surface area contributed by atoms with E-state index in [4.69, 9.17) is 4.74 Å². The molecule has 1 amide bonds. The van der Waals surface area contributed by atoms with Crippen LogP contribution in [0, 0.1) is 0 Å². The molecule has 1 aromatic carbocycles. The van der Waals surface area contributed by atoms with Crippen LogP contribution in [0.1, 0.15) is 19.3 Å². The van der Waals surface area contributed by atoms with Crippen LogP contribution in [0.2, 0.25) is 0 Å². The molecule has 1 aliphatic rings. The zero-order valence-electron chi connectivity index (χ0n) is 11.9. The van der Waals surface area contributed by atoms with Gasteiger partial charge in [-0.3, -0.25) is 4.79 Å². The lowest BCUT2D eigenvalue weighted by molar-refractivity contribution is -0.115. The summed E-state index contributed by atoms with van der Waals surface area (Å²) in [5, 5.41) is 6.77. The van der Waals surface area contributed by atoms with Crippen molar-refractivity contribution in [2.24, 2.45) is 0 Å². The Labute approximate surface area is 124 Å². The standard InChI is InChI=1S/C15H22N2O2S/c1-19-13-6-4-5-12(9-13)17-15(18)11-16-10-14-7-2-3-8-20-14/h4-6,9,14,16H,2-3,7-8,10-11H2,1H3,(H,17,18). The molecule has 0 spiro atoms. The van der Waals surface area contributed by atoms with Gasteiger partial charge in [-0.05, 0) is 30.7 Å². The van der Waals surface area contributed by atoms with E-state index in [-0.39, 0.29) is 5.91 Å². The Morgan fingerprint density at radius 1 is 1.45 bits per heavy atom. The third kappa shape index (κ3) is 5.06. The van der Waals surface area contributed by atoms with Crippen molar-refractivity contribution in [3.05, 3.63) is 24.3 Å². The normalized spacial score (nSPS) is 18.6. The fraction of sp³-hybridized carbons (Fsp3) is 0.533. The van der Waals surface area contributed by atoms with Gasteiger partial charge in [0, 0.05) is 23.5 Å². The highest BCUT2D eigenvalue weighted by atomic mass is 32.2.